The van der Waals surface area contributed by atoms with Gasteiger partial charge in [0.1, 0.15) is 4.90 Å². The van der Waals surface area contributed by atoms with Crippen LogP contribution in [0.15, 0.2) is 23.4 Å². The Balaban J connectivity index is 2.01. The molecule has 0 aliphatic carbocycles. The highest BCUT2D eigenvalue weighted by molar-refractivity contribution is 7.89. The average molecular weight is 271 g/mol. The Morgan fingerprint density at radius 2 is 2.17 bits per heavy atom. The van der Waals surface area contributed by atoms with Crippen LogP contribution in [0.4, 0.5) is 5.69 Å². The molecular weight excluding hydrogens is 254 g/mol. The number of rotatable bonds is 4. The predicted molar refractivity (Wildman–Crippen MR) is 67.4 cm³/mol. The van der Waals surface area contributed by atoms with Crippen LogP contribution >= 0.6 is 0 Å². The molecule has 0 spiro atoms. The number of nitrogens with two attached hydrogens (primary N) is 1. The lowest BCUT2D eigenvalue weighted by molar-refractivity contribution is 0.0678. The van der Waals surface area contributed by atoms with Gasteiger partial charge in [-0.05, 0) is 24.8 Å². The summed E-state index contributed by atoms with van der Waals surface area (Å²) in [5, 5.41) is 0. The first-order valence-corrected chi connectivity index (χ1v) is 7.35. The summed E-state index contributed by atoms with van der Waals surface area (Å²) in [5.41, 5.74) is 5.85. The molecule has 2 rings (SSSR count). The Morgan fingerprint density at radius 3 is 2.83 bits per heavy atom. The average Bonchev–Trinajstić information content (AvgIpc) is 2.38. The van der Waals surface area contributed by atoms with E-state index in [0.29, 0.717) is 25.7 Å². The van der Waals surface area contributed by atoms with E-state index in [-0.39, 0.29) is 10.6 Å². The molecule has 6 nitrogen and oxygen atoms in total. The SMILES string of the molecule is Nc1ccncc1S(=O)(=O)NCC1CCOCC1. The molecule has 1 fully saturated rings. The summed E-state index contributed by atoms with van der Waals surface area (Å²) in [6, 6.07) is 1.48. The fourth-order valence-electron chi connectivity index (χ4n) is 1.87. The van der Waals surface area contributed by atoms with Crippen molar-refractivity contribution in [2.45, 2.75) is 17.7 Å². The summed E-state index contributed by atoms with van der Waals surface area (Å²) in [7, 11) is -3.57. The second-order valence-corrected chi connectivity index (χ2v) is 6.06. The van der Waals surface area contributed by atoms with Crippen LogP contribution in [-0.2, 0) is 14.8 Å². The normalized spacial score (nSPS) is 17.8. The van der Waals surface area contributed by atoms with Gasteiger partial charge in [-0.2, -0.15) is 0 Å². The third-order valence-corrected chi connectivity index (χ3v) is 4.48. The number of nitrogen functional groups attached to an aromatic ring is 1. The summed E-state index contributed by atoms with van der Waals surface area (Å²) in [6.07, 6.45) is 4.49. The van der Waals surface area contributed by atoms with Gasteiger partial charge in [0.05, 0.1) is 5.69 Å². The van der Waals surface area contributed by atoms with E-state index in [1.807, 2.05) is 0 Å². The minimum atomic E-state index is -3.57. The van der Waals surface area contributed by atoms with E-state index < -0.39 is 10.0 Å². The molecule has 0 radical (unpaired) electrons. The molecule has 1 aromatic heterocycles. The van der Waals surface area contributed by atoms with Gasteiger partial charge in [-0.15, -0.1) is 0 Å². The second-order valence-electron chi connectivity index (χ2n) is 4.32. The monoisotopic (exact) mass is 271 g/mol. The minimum absolute atomic E-state index is 0.0389. The molecule has 0 aromatic carbocycles. The summed E-state index contributed by atoms with van der Waals surface area (Å²) < 4.78 is 31.9. The fourth-order valence-corrected chi connectivity index (χ4v) is 3.06. The van der Waals surface area contributed by atoms with Gasteiger partial charge in [-0.25, -0.2) is 13.1 Å². The molecule has 0 atom stereocenters. The van der Waals surface area contributed by atoms with Crippen molar-refractivity contribution < 1.29 is 13.2 Å². The molecule has 1 saturated heterocycles. The molecule has 100 valence electrons. The van der Waals surface area contributed by atoms with Crippen LogP contribution in [0.3, 0.4) is 0 Å². The molecule has 3 N–H and O–H groups in total. The van der Waals surface area contributed by atoms with Crippen LogP contribution in [0, 0.1) is 5.92 Å². The number of pyridine rings is 1. The molecule has 1 aromatic rings. The predicted octanol–water partition coefficient (Wildman–Crippen LogP) is 0.369. The number of aromatic nitrogens is 1. The molecule has 0 unspecified atom stereocenters. The maximum atomic E-state index is 12.0. The topological polar surface area (TPSA) is 94.3 Å². The van der Waals surface area contributed by atoms with E-state index in [1.165, 1.54) is 18.5 Å². The second kappa shape index (κ2) is 5.64. The smallest absolute Gasteiger partial charge is 0.244 e. The fraction of sp³-hybridized carbons (Fsp3) is 0.545. The maximum Gasteiger partial charge on any atom is 0.244 e. The summed E-state index contributed by atoms with van der Waals surface area (Å²) in [6.45, 7) is 1.81. The molecule has 1 aliphatic heterocycles. The quantitative estimate of drug-likeness (QED) is 0.825. The molecule has 2 heterocycles. The zero-order valence-corrected chi connectivity index (χ0v) is 10.8. The number of nitrogens with one attached hydrogen (secondary N) is 1. The standard InChI is InChI=1S/C11H17N3O3S/c12-10-1-4-13-8-11(10)18(15,16)14-7-9-2-5-17-6-3-9/h1,4,8-9,14H,2-3,5-7H2,(H2,12,13). The summed E-state index contributed by atoms with van der Waals surface area (Å²) in [5.74, 6) is 0.325. The van der Waals surface area contributed by atoms with Crippen LogP contribution < -0.4 is 10.5 Å². The molecular formula is C11H17N3O3S. The number of nitrogens with zero attached hydrogens (tertiary/aromatic N) is 1. The summed E-state index contributed by atoms with van der Waals surface area (Å²) >= 11 is 0. The van der Waals surface area contributed by atoms with Gasteiger partial charge < -0.3 is 10.5 Å². The first kappa shape index (κ1) is 13.3. The van der Waals surface area contributed by atoms with Crippen molar-refractivity contribution in [1.82, 2.24) is 9.71 Å². The Labute approximate surface area is 107 Å². The molecule has 18 heavy (non-hydrogen) atoms. The largest absolute Gasteiger partial charge is 0.398 e. The third-order valence-electron chi connectivity index (χ3n) is 3.01. The first-order chi connectivity index (χ1) is 8.59. The van der Waals surface area contributed by atoms with Crippen LogP contribution in [-0.4, -0.2) is 33.2 Å². The van der Waals surface area contributed by atoms with Gasteiger partial charge in [0.25, 0.3) is 0 Å². The molecule has 1 aliphatic rings. The number of hydrogen-bond acceptors (Lipinski definition) is 5. The Bertz CT molecular complexity index is 498. The van der Waals surface area contributed by atoms with Crippen LogP contribution in [0.1, 0.15) is 12.8 Å². The first-order valence-electron chi connectivity index (χ1n) is 5.86. The molecule has 7 heteroatoms. The van der Waals surface area contributed by atoms with Crippen molar-refractivity contribution in [1.29, 1.82) is 0 Å². The number of ether oxygens (including phenoxy) is 1. The lowest BCUT2D eigenvalue weighted by atomic mass is 10.0. The molecule has 0 saturated carbocycles. The van der Waals surface area contributed by atoms with Gasteiger partial charge in [0.2, 0.25) is 10.0 Å². The Morgan fingerprint density at radius 1 is 1.44 bits per heavy atom. The van der Waals surface area contributed by atoms with Gasteiger partial charge in [-0.1, -0.05) is 0 Å². The summed E-state index contributed by atoms with van der Waals surface area (Å²) in [4.78, 5) is 3.83. The van der Waals surface area contributed by atoms with E-state index >= 15 is 0 Å². The highest BCUT2D eigenvalue weighted by Gasteiger charge is 2.20. The van der Waals surface area contributed by atoms with Crippen molar-refractivity contribution in [3.63, 3.8) is 0 Å². The number of sulfonamides is 1. The van der Waals surface area contributed by atoms with Crippen LogP contribution in [0.25, 0.3) is 0 Å². The van der Waals surface area contributed by atoms with Gasteiger partial charge >= 0.3 is 0 Å². The van der Waals surface area contributed by atoms with Crippen molar-refractivity contribution in [3.05, 3.63) is 18.5 Å². The lowest BCUT2D eigenvalue weighted by Crippen LogP contribution is -2.32. The van der Waals surface area contributed by atoms with E-state index in [9.17, 15) is 8.42 Å². The van der Waals surface area contributed by atoms with Crippen molar-refractivity contribution in [2.24, 2.45) is 5.92 Å². The van der Waals surface area contributed by atoms with Gasteiger partial charge in [-0.3, -0.25) is 4.98 Å². The lowest BCUT2D eigenvalue weighted by Gasteiger charge is -2.22. The van der Waals surface area contributed by atoms with Gasteiger partial charge in [0.15, 0.2) is 0 Å². The van der Waals surface area contributed by atoms with E-state index in [1.54, 1.807) is 0 Å². The van der Waals surface area contributed by atoms with Crippen molar-refractivity contribution in [3.8, 4) is 0 Å². The minimum Gasteiger partial charge on any atom is -0.398 e. The highest BCUT2D eigenvalue weighted by Crippen LogP contribution is 2.18. The Kier molecular flexibility index (Phi) is 4.15. The van der Waals surface area contributed by atoms with Crippen molar-refractivity contribution >= 4 is 15.7 Å². The third kappa shape index (κ3) is 3.18. The van der Waals surface area contributed by atoms with E-state index in [4.69, 9.17) is 10.5 Å². The molecule has 0 bridgehead atoms. The van der Waals surface area contributed by atoms with Crippen LogP contribution in [0.5, 0.6) is 0 Å². The van der Waals surface area contributed by atoms with E-state index in [0.717, 1.165) is 12.8 Å². The van der Waals surface area contributed by atoms with Crippen molar-refractivity contribution in [2.75, 3.05) is 25.5 Å². The molecule has 0 amide bonds. The number of anilines is 1. The van der Waals surface area contributed by atoms with Crippen LogP contribution in [0.2, 0.25) is 0 Å². The zero-order valence-electron chi connectivity index (χ0n) is 10.0. The Hall–Kier alpha value is -1.18. The zero-order chi connectivity index (χ0) is 13.0. The number of hydrogen-bond donors (Lipinski definition) is 2. The maximum absolute atomic E-state index is 12.0. The highest BCUT2D eigenvalue weighted by atomic mass is 32.2. The van der Waals surface area contributed by atoms with E-state index in [2.05, 4.69) is 9.71 Å². The van der Waals surface area contributed by atoms with Gasteiger partial charge in [0, 0.05) is 32.2 Å².